The van der Waals surface area contributed by atoms with Crippen LogP contribution >= 0.6 is 0 Å². The van der Waals surface area contributed by atoms with E-state index < -0.39 is 11.6 Å². The number of aryl methyl sites for hydroxylation is 2. The molecule has 0 saturated heterocycles. The van der Waals surface area contributed by atoms with Crippen LogP contribution in [0.2, 0.25) is 0 Å². The maximum Gasteiger partial charge on any atom is 0.169 e. The highest BCUT2D eigenvalue weighted by molar-refractivity contribution is 5.98. The average Bonchev–Trinajstić information content (AvgIpc) is 2.36. The number of rotatable bonds is 3. The van der Waals surface area contributed by atoms with Gasteiger partial charge in [-0.3, -0.25) is 4.79 Å². The standard InChI is InChI=1S/C14H12F2N2O/c1-8-5-12(9(2)18-17-8)14(19)7-10-6-11(15)3-4-13(10)16/h3-6H,7H2,1-2H3. The molecule has 3 nitrogen and oxygen atoms in total. The van der Waals surface area contributed by atoms with E-state index in [1.165, 1.54) is 0 Å². The van der Waals surface area contributed by atoms with Gasteiger partial charge < -0.3 is 0 Å². The van der Waals surface area contributed by atoms with Gasteiger partial charge in [0.1, 0.15) is 11.6 Å². The van der Waals surface area contributed by atoms with Crippen LogP contribution in [0.25, 0.3) is 0 Å². The zero-order chi connectivity index (χ0) is 14.0. The lowest BCUT2D eigenvalue weighted by atomic mass is 10.0. The highest BCUT2D eigenvalue weighted by Crippen LogP contribution is 2.14. The Morgan fingerprint density at radius 3 is 2.63 bits per heavy atom. The van der Waals surface area contributed by atoms with E-state index in [0.717, 1.165) is 18.2 Å². The maximum absolute atomic E-state index is 13.5. The van der Waals surface area contributed by atoms with Gasteiger partial charge in [-0.1, -0.05) is 0 Å². The van der Waals surface area contributed by atoms with Crippen molar-refractivity contribution in [3.63, 3.8) is 0 Å². The third kappa shape index (κ3) is 2.99. The maximum atomic E-state index is 13.5. The van der Waals surface area contributed by atoms with Gasteiger partial charge in [0.2, 0.25) is 0 Å². The van der Waals surface area contributed by atoms with E-state index in [1.54, 1.807) is 19.9 Å². The predicted molar refractivity (Wildman–Crippen MR) is 65.9 cm³/mol. The number of Topliss-reactive ketones (excluding diaryl/α,β-unsaturated/α-hetero) is 1. The number of benzene rings is 1. The second-order valence-electron chi connectivity index (χ2n) is 4.32. The van der Waals surface area contributed by atoms with Crippen LogP contribution in [0, 0.1) is 25.5 Å². The van der Waals surface area contributed by atoms with Crippen LogP contribution in [0.5, 0.6) is 0 Å². The van der Waals surface area contributed by atoms with Gasteiger partial charge >= 0.3 is 0 Å². The lowest BCUT2D eigenvalue weighted by Gasteiger charge is -2.06. The Kier molecular flexibility index (Phi) is 3.64. The Morgan fingerprint density at radius 1 is 1.16 bits per heavy atom. The fraction of sp³-hybridized carbons (Fsp3) is 0.214. The molecule has 0 saturated carbocycles. The van der Waals surface area contributed by atoms with Crippen molar-refractivity contribution in [1.29, 1.82) is 0 Å². The molecule has 0 aliphatic heterocycles. The van der Waals surface area contributed by atoms with Crippen molar-refractivity contribution in [1.82, 2.24) is 10.2 Å². The van der Waals surface area contributed by atoms with Crippen LogP contribution < -0.4 is 0 Å². The van der Waals surface area contributed by atoms with Crippen LogP contribution in [0.15, 0.2) is 24.3 Å². The van der Waals surface area contributed by atoms with Gasteiger partial charge in [0, 0.05) is 12.0 Å². The summed E-state index contributed by atoms with van der Waals surface area (Å²) in [7, 11) is 0. The zero-order valence-corrected chi connectivity index (χ0v) is 10.6. The first-order valence-electron chi connectivity index (χ1n) is 5.75. The second kappa shape index (κ2) is 5.22. The Balaban J connectivity index is 2.30. The van der Waals surface area contributed by atoms with Gasteiger partial charge in [-0.15, -0.1) is 0 Å². The van der Waals surface area contributed by atoms with Crippen molar-refractivity contribution >= 4 is 5.78 Å². The SMILES string of the molecule is Cc1cc(C(=O)Cc2cc(F)ccc2F)c(C)nn1. The molecule has 0 spiro atoms. The number of hydrogen-bond donors (Lipinski definition) is 0. The van der Waals surface area contributed by atoms with Gasteiger partial charge in [-0.05, 0) is 43.7 Å². The fourth-order valence-electron chi connectivity index (χ4n) is 1.78. The van der Waals surface area contributed by atoms with E-state index in [0.29, 0.717) is 17.0 Å². The first-order valence-corrected chi connectivity index (χ1v) is 5.75. The average molecular weight is 262 g/mol. The molecule has 0 aliphatic carbocycles. The molecular weight excluding hydrogens is 250 g/mol. The van der Waals surface area contributed by atoms with E-state index in [-0.39, 0.29) is 17.8 Å². The molecule has 1 aromatic heterocycles. The summed E-state index contributed by atoms with van der Waals surface area (Å²) in [6.07, 6.45) is -0.199. The quantitative estimate of drug-likeness (QED) is 0.799. The van der Waals surface area contributed by atoms with E-state index >= 15 is 0 Å². The molecular formula is C14H12F2N2O. The molecule has 1 aromatic carbocycles. The van der Waals surface area contributed by atoms with Crippen LogP contribution in [0.4, 0.5) is 8.78 Å². The molecule has 0 aliphatic rings. The van der Waals surface area contributed by atoms with Gasteiger partial charge in [0.15, 0.2) is 5.78 Å². The number of aromatic nitrogens is 2. The van der Waals surface area contributed by atoms with Gasteiger partial charge in [0.25, 0.3) is 0 Å². The van der Waals surface area contributed by atoms with Gasteiger partial charge in [0.05, 0.1) is 11.4 Å². The summed E-state index contributed by atoms with van der Waals surface area (Å²) < 4.78 is 26.5. The summed E-state index contributed by atoms with van der Waals surface area (Å²) in [6.45, 7) is 3.37. The largest absolute Gasteiger partial charge is 0.294 e. The minimum Gasteiger partial charge on any atom is -0.294 e. The molecule has 0 unspecified atom stereocenters. The summed E-state index contributed by atoms with van der Waals surface area (Å²) in [5.41, 5.74) is 1.51. The highest BCUT2D eigenvalue weighted by atomic mass is 19.1. The van der Waals surface area contributed by atoms with Crippen molar-refractivity contribution in [2.45, 2.75) is 20.3 Å². The van der Waals surface area contributed by atoms with E-state index in [9.17, 15) is 13.6 Å². The lowest BCUT2D eigenvalue weighted by molar-refractivity contribution is 0.0990. The molecule has 0 amide bonds. The number of carbonyl (C=O) groups is 1. The Hall–Kier alpha value is -2.17. The lowest BCUT2D eigenvalue weighted by Crippen LogP contribution is -2.10. The van der Waals surface area contributed by atoms with E-state index in [4.69, 9.17) is 0 Å². The van der Waals surface area contributed by atoms with E-state index in [2.05, 4.69) is 10.2 Å². The molecule has 98 valence electrons. The first-order chi connectivity index (χ1) is 8.97. The van der Waals surface area contributed by atoms with Gasteiger partial charge in [-0.2, -0.15) is 10.2 Å². The van der Waals surface area contributed by atoms with Crippen molar-refractivity contribution in [2.24, 2.45) is 0 Å². The topological polar surface area (TPSA) is 42.9 Å². The Morgan fingerprint density at radius 2 is 1.89 bits per heavy atom. The normalized spacial score (nSPS) is 10.5. The second-order valence-corrected chi connectivity index (χ2v) is 4.32. The summed E-state index contributed by atoms with van der Waals surface area (Å²) in [4.78, 5) is 12.1. The Bertz CT molecular complexity index is 641. The van der Waals surface area contributed by atoms with Crippen molar-refractivity contribution < 1.29 is 13.6 Å². The number of carbonyl (C=O) groups excluding carboxylic acids is 1. The number of halogens is 2. The van der Waals surface area contributed by atoms with Gasteiger partial charge in [-0.25, -0.2) is 8.78 Å². The molecule has 5 heteroatoms. The number of nitrogens with zero attached hydrogens (tertiary/aromatic N) is 2. The summed E-state index contributed by atoms with van der Waals surface area (Å²) in [5, 5.41) is 7.67. The molecule has 2 rings (SSSR count). The molecule has 0 radical (unpaired) electrons. The fourth-order valence-corrected chi connectivity index (χ4v) is 1.78. The molecule has 0 fully saturated rings. The van der Waals surface area contributed by atoms with Crippen LogP contribution in [0.1, 0.15) is 27.3 Å². The summed E-state index contributed by atoms with van der Waals surface area (Å²) >= 11 is 0. The summed E-state index contributed by atoms with van der Waals surface area (Å²) in [6, 6.07) is 4.67. The first kappa shape index (κ1) is 13.3. The smallest absolute Gasteiger partial charge is 0.169 e. The van der Waals surface area contributed by atoms with Crippen LogP contribution in [-0.4, -0.2) is 16.0 Å². The minimum absolute atomic E-state index is 0.0406. The number of ketones is 1. The monoisotopic (exact) mass is 262 g/mol. The molecule has 2 aromatic rings. The zero-order valence-electron chi connectivity index (χ0n) is 10.6. The molecule has 0 bridgehead atoms. The van der Waals surface area contributed by atoms with Crippen molar-refractivity contribution in [2.75, 3.05) is 0 Å². The van der Waals surface area contributed by atoms with Crippen LogP contribution in [0.3, 0.4) is 0 Å². The highest BCUT2D eigenvalue weighted by Gasteiger charge is 2.14. The third-order valence-corrected chi connectivity index (χ3v) is 2.76. The minimum atomic E-state index is -0.592. The molecule has 0 N–H and O–H groups in total. The molecule has 19 heavy (non-hydrogen) atoms. The number of hydrogen-bond acceptors (Lipinski definition) is 3. The van der Waals surface area contributed by atoms with Crippen LogP contribution in [-0.2, 0) is 6.42 Å². The predicted octanol–water partition coefficient (Wildman–Crippen LogP) is 2.80. The third-order valence-electron chi connectivity index (χ3n) is 2.76. The van der Waals surface area contributed by atoms with Crippen molar-refractivity contribution in [3.05, 3.63) is 58.4 Å². The Labute approximate surface area is 109 Å². The molecule has 0 atom stereocenters. The van der Waals surface area contributed by atoms with E-state index in [1.807, 2.05) is 0 Å². The summed E-state index contributed by atoms with van der Waals surface area (Å²) in [5.74, 6) is -1.46. The molecule has 1 heterocycles. The van der Waals surface area contributed by atoms with Crippen molar-refractivity contribution in [3.8, 4) is 0 Å².